The van der Waals surface area contributed by atoms with E-state index in [4.69, 9.17) is 0 Å². The average Bonchev–Trinajstić information content (AvgIpc) is 2.56. The fourth-order valence-corrected chi connectivity index (χ4v) is 2.61. The van der Waals surface area contributed by atoms with E-state index in [2.05, 4.69) is 8.75 Å². The van der Waals surface area contributed by atoms with Crippen LogP contribution in [0.5, 0.6) is 0 Å². The number of hydrogen-bond donors (Lipinski definition) is 0. The average molecular weight is 311 g/mol. The maximum atomic E-state index is 12.6. The van der Waals surface area contributed by atoms with Crippen LogP contribution in [0.25, 0.3) is 22.5 Å². The standard InChI is InChI=1S/C15H9N3O3S/c19-15-13(10-5-2-1-3-6-10)16-22-17-14(15)11-7-4-8-12(9-11)18(20)21/h1-9H. The van der Waals surface area contributed by atoms with Crippen molar-refractivity contribution in [3.8, 4) is 22.5 Å². The van der Waals surface area contributed by atoms with Crippen LogP contribution in [-0.2, 0) is 0 Å². The second-order valence-corrected chi connectivity index (χ2v) is 4.99. The first-order valence-electron chi connectivity index (χ1n) is 6.34. The molecule has 0 saturated heterocycles. The molecule has 0 atom stereocenters. The Labute approximate surface area is 129 Å². The zero-order valence-electron chi connectivity index (χ0n) is 11.2. The fraction of sp³-hybridized carbons (Fsp3) is 0. The summed E-state index contributed by atoms with van der Waals surface area (Å²) in [4.78, 5) is 22.9. The third kappa shape index (κ3) is 2.61. The number of nitro groups is 1. The molecule has 0 unspecified atom stereocenters. The van der Waals surface area contributed by atoms with Crippen LogP contribution >= 0.6 is 11.7 Å². The van der Waals surface area contributed by atoms with Crippen LogP contribution in [0.1, 0.15) is 0 Å². The molecule has 0 N–H and O–H groups in total. The quantitative estimate of drug-likeness (QED) is 0.548. The zero-order chi connectivity index (χ0) is 15.5. The first-order chi connectivity index (χ1) is 10.7. The molecule has 0 radical (unpaired) electrons. The van der Waals surface area contributed by atoms with Gasteiger partial charge in [0, 0.05) is 23.3 Å². The molecule has 3 aromatic rings. The summed E-state index contributed by atoms with van der Waals surface area (Å²) in [6.45, 7) is 0. The predicted molar refractivity (Wildman–Crippen MR) is 83.7 cm³/mol. The molecule has 1 heterocycles. The minimum absolute atomic E-state index is 0.0817. The minimum atomic E-state index is -0.503. The van der Waals surface area contributed by atoms with Gasteiger partial charge in [-0.05, 0) is 0 Å². The smallest absolute Gasteiger partial charge is 0.270 e. The van der Waals surface area contributed by atoms with Crippen molar-refractivity contribution >= 4 is 17.4 Å². The van der Waals surface area contributed by atoms with Gasteiger partial charge in [0.1, 0.15) is 11.4 Å². The lowest BCUT2D eigenvalue weighted by Gasteiger charge is -2.02. The van der Waals surface area contributed by atoms with Gasteiger partial charge in [-0.1, -0.05) is 42.5 Å². The zero-order valence-corrected chi connectivity index (χ0v) is 12.0. The van der Waals surface area contributed by atoms with Crippen molar-refractivity contribution in [2.45, 2.75) is 0 Å². The molecule has 0 spiro atoms. The number of non-ortho nitro benzene ring substituents is 1. The maximum absolute atomic E-state index is 12.6. The SMILES string of the molecule is O=c1c(-c2ccccc2)nsnc1-c1cccc([N+](=O)[O-])c1. The second kappa shape index (κ2) is 5.82. The Morgan fingerprint density at radius 3 is 2.23 bits per heavy atom. The topological polar surface area (TPSA) is 86.0 Å². The molecular weight excluding hydrogens is 302 g/mol. The van der Waals surface area contributed by atoms with E-state index in [1.54, 1.807) is 18.2 Å². The lowest BCUT2D eigenvalue weighted by atomic mass is 10.1. The first kappa shape index (κ1) is 14.0. The van der Waals surface area contributed by atoms with Crippen molar-refractivity contribution in [1.29, 1.82) is 0 Å². The summed E-state index contributed by atoms with van der Waals surface area (Å²) in [7, 11) is 0. The van der Waals surface area contributed by atoms with Crippen LogP contribution < -0.4 is 5.43 Å². The molecule has 1 aromatic heterocycles. The van der Waals surface area contributed by atoms with E-state index in [1.165, 1.54) is 18.2 Å². The molecule has 6 nitrogen and oxygen atoms in total. The van der Waals surface area contributed by atoms with Gasteiger partial charge in [0.25, 0.3) is 5.69 Å². The molecule has 0 aliphatic rings. The lowest BCUT2D eigenvalue weighted by molar-refractivity contribution is -0.384. The molecule has 108 valence electrons. The number of benzene rings is 2. The first-order valence-corrected chi connectivity index (χ1v) is 7.07. The molecule has 0 aliphatic carbocycles. The molecule has 0 saturated carbocycles. The Bertz CT molecular complexity index is 894. The van der Waals surface area contributed by atoms with E-state index in [9.17, 15) is 14.9 Å². The summed E-state index contributed by atoms with van der Waals surface area (Å²) >= 11 is 0.904. The van der Waals surface area contributed by atoms with Gasteiger partial charge in [0.15, 0.2) is 0 Å². The number of nitrogens with zero attached hydrogens (tertiary/aromatic N) is 3. The van der Waals surface area contributed by atoms with Gasteiger partial charge < -0.3 is 0 Å². The molecular formula is C15H9N3O3S. The Morgan fingerprint density at radius 1 is 0.909 bits per heavy atom. The van der Waals surface area contributed by atoms with E-state index >= 15 is 0 Å². The van der Waals surface area contributed by atoms with Gasteiger partial charge in [-0.3, -0.25) is 14.9 Å². The molecule has 0 bridgehead atoms. The van der Waals surface area contributed by atoms with Crippen molar-refractivity contribution in [1.82, 2.24) is 8.75 Å². The molecule has 3 rings (SSSR count). The van der Waals surface area contributed by atoms with Gasteiger partial charge >= 0.3 is 0 Å². The van der Waals surface area contributed by atoms with Gasteiger partial charge in [-0.15, -0.1) is 0 Å². The summed E-state index contributed by atoms with van der Waals surface area (Å²) in [5, 5.41) is 10.9. The van der Waals surface area contributed by atoms with Crippen molar-refractivity contribution < 1.29 is 4.92 Å². The summed E-state index contributed by atoms with van der Waals surface area (Å²) in [5.41, 5.74) is 1.14. The molecule has 7 heteroatoms. The van der Waals surface area contributed by atoms with Gasteiger partial charge in [-0.25, -0.2) is 0 Å². The number of rotatable bonds is 3. The Balaban J connectivity index is 2.16. The highest BCUT2D eigenvalue weighted by Gasteiger charge is 2.15. The molecule has 0 fully saturated rings. The number of hydrogen-bond acceptors (Lipinski definition) is 6. The van der Waals surface area contributed by atoms with Crippen LogP contribution in [0.3, 0.4) is 0 Å². The van der Waals surface area contributed by atoms with Crippen LogP contribution in [0, 0.1) is 10.1 Å². The minimum Gasteiger partial charge on any atom is -0.285 e. The summed E-state index contributed by atoms with van der Waals surface area (Å²) in [6.07, 6.45) is 0. The third-order valence-electron chi connectivity index (χ3n) is 3.07. The Kier molecular flexibility index (Phi) is 3.71. The van der Waals surface area contributed by atoms with Crippen molar-refractivity contribution in [3.05, 3.63) is 74.9 Å². The highest BCUT2D eigenvalue weighted by molar-refractivity contribution is 6.99. The molecule has 2 aromatic carbocycles. The Morgan fingerprint density at radius 2 is 1.55 bits per heavy atom. The molecule has 22 heavy (non-hydrogen) atoms. The summed E-state index contributed by atoms with van der Waals surface area (Å²) in [5.74, 6) is 0. The lowest BCUT2D eigenvalue weighted by Crippen LogP contribution is -2.10. The third-order valence-corrected chi connectivity index (χ3v) is 3.60. The largest absolute Gasteiger partial charge is 0.285 e. The summed E-state index contributed by atoms with van der Waals surface area (Å²) in [6, 6.07) is 14.9. The van der Waals surface area contributed by atoms with Gasteiger partial charge in [-0.2, -0.15) is 8.75 Å². The molecule has 0 aliphatic heterocycles. The second-order valence-electron chi connectivity index (χ2n) is 4.46. The van der Waals surface area contributed by atoms with Crippen LogP contribution in [0.4, 0.5) is 5.69 Å². The van der Waals surface area contributed by atoms with E-state index in [-0.39, 0.29) is 16.8 Å². The van der Waals surface area contributed by atoms with Crippen molar-refractivity contribution in [2.24, 2.45) is 0 Å². The van der Waals surface area contributed by atoms with Crippen molar-refractivity contribution in [3.63, 3.8) is 0 Å². The van der Waals surface area contributed by atoms with Gasteiger partial charge in [0.05, 0.1) is 16.7 Å². The normalized spacial score (nSPS) is 10.4. The van der Waals surface area contributed by atoms with Crippen LogP contribution in [0.15, 0.2) is 59.4 Å². The van der Waals surface area contributed by atoms with E-state index in [1.807, 2.05) is 18.2 Å². The van der Waals surface area contributed by atoms with E-state index in [0.29, 0.717) is 16.8 Å². The maximum Gasteiger partial charge on any atom is 0.270 e. The number of nitro benzene ring substituents is 1. The van der Waals surface area contributed by atoms with Crippen molar-refractivity contribution in [2.75, 3.05) is 0 Å². The van der Waals surface area contributed by atoms with Gasteiger partial charge in [0.2, 0.25) is 5.43 Å². The van der Waals surface area contributed by atoms with Crippen LogP contribution in [0.2, 0.25) is 0 Å². The highest BCUT2D eigenvalue weighted by Crippen LogP contribution is 2.22. The summed E-state index contributed by atoms with van der Waals surface area (Å²) < 4.78 is 8.11. The fourth-order valence-electron chi connectivity index (χ4n) is 2.03. The molecule has 0 amide bonds. The Hall–Kier alpha value is -2.93. The van der Waals surface area contributed by atoms with Crippen LogP contribution in [-0.4, -0.2) is 13.7 Å². The highest BCUT2D eigenvalue weighted by atomic mass is 32.1. The predicted octanol–water partition coefficient (Wildman–Crippen LogP) is 3.14. The monoisotopic (exact) mass is 311 g/mol. The van der Waals surface area contributed by atoms with E-state index in [0.717, 1.165) is 11.7 Å². The van der Waals surface area contributed by atoms with E-state index < -0.39 is 4.92 Å². The number of aromatic nitrogens is 2.